The highest BCUT2D eigenvalue weighted by atomic mass is 32.1. The van der Waals surface area contributed by atoms with Crippen molar-refractivity contribution >= 4 is 17.3 Å². The number of aliphatic imine (C=N–C) groups is 1. The Balaban J connectivity index is 2.09. The fourth-order valence-corrected chi connectivity index (χ4v) is 3.13. The molecule has 0 saturated heterocycles. The van der Waals surface area contributed by atoms with Crippen molar-refractivity contribution in [2.24, 2.45) is 4.99 Å². The van der Waals surface area contributed by atoms with Crippen LogP contribution < -0.4 is 20.1 Å². The van der Waals surface area contributed by atoms with E-state index in [-0.39, 0.29) is 5.75 Å². The van der Waals surface area contributed by atoms with Crippen molar-refractivity contribution in [2.75, 3.05) is 20.8 Å². The van der Waals surface area contributed by atoms with Crippen molar-refractivity contribution in [1.29, 1.82) is 0 Å². The maximum absolute atomic E-state index is 9.98. The third-order valence-electron chi connectivity index (χ3n) is 3.53. The Morgan fingerprint density at radius 1 is 1.16 bits per heavy atom. The van der Waals surface area contributed by atoms with Gasteiger partial charge in [-0.25, -0.2) is 4.99 Å². The predicted octanol–water partition coefficient (Wildman–Crippen LogP) is 3.03. The van der Waals surface area contributed by atoms with Crippen LogP contribution >= 0.6 is 11.3 Å². The zero-order valence-corrected chi connectivity index (χ0v) is 15.9. The Kier molecular flexibility index (Phi) is 6.94. The summed E-state index contributed by atoms with van der Waals surface area (Å²) in [5.74, 6) is 1.48. The van der Waals surface area contributed by atoms with Crippen LogP contribution in [0.5, 0.6) is 17.2 Å². The van der Waals surface area contributed by atoms with E-state index in [1.807, 2.05) is 6.92 Å². The Hall–Kier alpha value is -2.41. The van der Waals surface area contributed by atoms with E-state index in [1.165, 1.54) is 24.0 Å². The third kappa shape index (κ3) is 5.29. The maximum atomic E-state index is 9.98. The third-order valence-corrected chi connectivity index (χ3v) is 4.53. The van der Waals surface area contributed by atoms with Gasteiger partial charge in [0.1, 0.15) is 0 Å². The van der Waals surface area contributed by atoms with Crippen LogP contribution in [0.25, 0.3) is 0 Å². The zero-order valence-electron chi connectivity index (χ0n) is 15.0. The summed E-state index contributed by atoms with van der Waals surface area (Å²) in [5.41, 5.74) is 0.885. The first kappa shape index (κ1) is 18.9. The summed E-state index contributed by atoms with van der Waals surface area (Å²) in [6.45, 7) is 6.06. The fourth-order valence-electron chi connectivity index (χ4n) is 2.30. The topological polar surface area (TPSA) is 75.1 Å². The Morgan fingerprint density at radius 3 is 2.36 bits per heavy atom. The molecule has 3 N–H and O–H groups in total. The molecule has 0 spiro atoms. The van der Waals surface area contributed by atoms with Gasteiger partial charge in [-0.05, 0) is 43.7 Å². The summed E-state index contributed by atoms with van der Waals surface area (Å²) < 4.78 is 10.4. The molecule has 1 aromatic heterocycles. The number of aromatic hydroxyl groups is 1. The van der Waals surface area contributed by atoms with E-state index in [9.17, 15) is 5.11 Å². The van der Waals surface area contributed by atoms with Gasteiger partial charge in [0.15, 0.2) is 17.5 Å². The molecular weight excluding hydrogens is 338 g/mol. The second-order valence-corrected chi connectivity index (χ2v) is 6.78. The van der Waals surface area contributed by atoms with E-state index < -0.39 is 0 Å². The molecule has 0 bridgehead atoms. The molecule has 1 aromatic carbocycles. The molecule has 0 aliphatic rings. The summed E-state index contributed by atoms with van der Waals surface area (Å²) in [4.78, 5) is 7.15. The van der Waals surface area contributed by atoms with E-state index in [4.69, 9.17) is 9.47 Å². The average Bonchev–Trinajstić information content (AvgIpc) is 3.03. The molecule has 6 nitrogen and oxygen atoms in total. The van der Waals surface area contributed by atoms with Gasteiger partial charge in [0.2, 0.25) is 5.75 Å². The fraction of sp³-hybridized carbons (Fsp3) is 0.389. The van der Waals surface area contributed by atoms with Crippen LogP contribution in [0, 0.1) is 6.92 Å². The Labute approximate surface area is 152 Å². The van der Waals surface area contributed by atoms with E-state index >= 15 is 0 Å². The molecule has 0 aliphatic carbocycles. The quantitative estimate of drug-likeness (QED) is 0.521. The number of methoxy groups -OCH3 is 2. The Bertz CT molecular complexity index is 703. The molecule has 0 atom stereocenters. The van der Waals surface area contributed by atoms with E-state index in [1.54, 1.807) is 23.5 Å². The molecule has 136 valence electrons. The maximum Gasteiger partial charge on any atom is 0.200 e. The predicted molar refractivity (Wildman–Crippen MR) is 102 cm³/mol. The summed E-state index contributed by atoms with van der Waals surface area (Å²) in [6, 6.07) is 7.74. The number of nitrogens with one attached hydrogen (secondary N) is 2. The molecule has 0 aliphatic heterocycles. The van der Waals surface area contributed by atoms with E-state index in [0.29, 0.717) is 18.0 Å². The minimum Gasteiger partial charge on any atom is -0.502 e. The van der Waals surface area contributed by atoms with Crippen LogP contribution in [0.2, 0.25) is 0 Å². The minimum atomic E-state index is -0.00386. The first-order valence-corrected chi connectivity index (χ1v) is 8.90. The number of guanidine groups is 1. The molecule has 0 saturated carbocycles. The van der Waals surface area contributed by atoms with Gasteiger partial charge in [0.05, 0.1) is 27.3 Å². The highest BCUT2D eigenvalue weighted by Crippen LogP contribution is 2.37. The van der Waals surface area contributed by atoms with Gasteiger partial charge in [-0.3, -0.25) is 0 Å². The second kappa shape index (κ2) is 9.17. The van der Waals surface area contributed by atoms with Crippen molar-refractivity contribution in [3.8, 4) is 17.2 Å². The van der Waals surface area contributed by atoms with E-state index in [0.717, 1.165) is 24.6 Å². The number of nitrogens with zero attached hydrogens (tertiary/aromatic N) is 1. The van der Waals surface area contributed by atoms with Crippen LogP contribution in [0.3, 0.4) is 0 Å². The average molecular weight is 363 g/mol. The van der Waals surface area contributed by atoms with Gasteiger partial charge >= 0.3 is 0 Å². The molecule has 0 amide bonds. The van der Waals surface area contributed by atoms with Crippen molar-refractivity contribution in [1.82, 2.24) is 10.6 Å². The monoisotopic (exact) mass is 363 g/mol. The van der Waals surface area contributed by atoms with Crippen LogP contribution in [0.15, 0.2) is 29.3 Å². The molecule has 2 aromatic rings. The van der Waals surface area contributed by atoms with E-state index in [2.05, 4.69) is 34.7 Å². The number of hydrogen-bond acceptors (Lipinski definition) is 5. The smallest absolute Gasteiger partial charge is 0.200 e. The van der Waals surface area contributed by atoms with Crippen molar-refractivity contribution in [3.05, 3.63) is 39.6 Å². The number of hydrogen-bond donors (Lipinski definition) is 3. The zero-order chi connectivity index (χ0) is 18.2. The largest absolute Gasteiger partial charge is 0.502 e. The van der Waals surface area contributed by atoms with Crippen LogP contribution in [0.4, 0.5) is 0 Å². The second-order valence-electron chi connectivity index (χ2n) is 5.41. The van der Waals surface area contributed by atoms with Gasteiger partial charge in [-0.1, -0.05) is 0 Å². The summed E-state index contributed by atoms with van der Waals surface area (Å²) in [5, 5.41) is 16.5. The van der Waals surface area contributed by atoms with Crippen molar-refractivity contribution < 1.29 is 14.6 Å². The SMILES string of the molecule is CCNC(=NCc1cc(OC)c(O)c(OC)c1)NCc1ccc(C)s1. The van der Waals surface area contributed by atoms with Crippen LogP contribution in [-0.2, 0) is 13.1 Å². The van der Waals surface area contributed by atoms with Gasteiger partial charge in [-0.2, -0.15) is 0 Å². The molecule has 0 radical (unpaired) electrons. The molecule has 0 unspecified atom stereocenters. The molecule has 0 fully saturated rings. The number of ether oxygens (including phenoxy) is 2. The van der Waals surface area contributed by atoms with Gasteiger partial charge in [0.25, 0.3) is 0 Å². The number of thiophene rings is 1. The van der Waals surface area contributed by atoms with Crippen molar-refractivity contribution in [3.63, 3.8) is 0 Å². The molecule has 1 heterocycles. The standard InChI is InChI=1S/C18H25N3O3S/c1-5-19-18(21-11-14-7-6-12(2)25-14)20-10-13-8-15(23-3)17(22)16(9-13)24-4/h6-9,22H,5,10-11H2,1-4H3,(H2,19,20,21). The first-order chi connectivity index (χ1) is 12.1. The Morgan fingerprint density at radius 2 is 1.84 bits per heavy atom. The highest BCUT2D eigenvalue weighted by Gasteiger charge is 2.11. The minimum absolute atomic E-state index is 0.00386. The number of phenols is 1. The summed E-state index contributed by atoms with van der Waals surface area (Å²) in [6.07, 6.45) is 0. The lowest BCUT2D eigenvalue weighted by Gasteiger charge is -2.12. The number of benzene rings is 1. The normalized spacial score (nSPS) is 11.3. The van der Waals surface area contributed by atoms with Crippen molar-refractivity contribution in [2.45, 2.75) is 26.9 Å². The summed E-state index contributed by atoms with van der Waals surface area (Å²) in [7, 11) is 3.02. The van der Waals surface area contributed by atoms with Gasteiger partial charge < -0.3 is 25.2 Å². The lowest BCUT2D eigenvalue weighted by atomic mass is 10.2. The van der Waals surface area contributed by atoms with Crippen LogP contribution in [0.1, 0.15) is 22.2 Å². The highest BCUT2D eigenvalue weighted by molar-refractivity contribution is 7.11. The number of rotatable bonds is 7. The molecule has 25 heavy (non-hydrogen) atoms. The number of aryl methyl sites for hydroxylation is 1. The van der Waals surface area contributed by atoms with Gasteiger partial charge in [-0.15, -0.1) is 11.3 Å². The summed E-state index contributed by atoms with van der Waals surface area (Å²) >= 11 is 1.77. The lowest BCUT2D eigenvalue weighted by Crippen LogP contribution is -2.36. The first-order valence-electron chi connectivity index (χ1n) is 8.08. The molecule has 2 rings (SSSR count). The number of phenolic OH excluding ortho intramolecular Hbond substituents is 1. The lowest BCUT2D eigenvalue weighted by molar-refractivity contribution is 0.339. The molecule has 7 heteroatoms. The van der Waals surface area contributed by atoms with Gasteiger partial charge in [0, 0.05) is 16.3 Å². The molecular formula is C18H25N3O3S. The van der Waals surface area contributed by atoms with Crippen LogP contribution in [-0.4, -0.2) is 31.8 Å².